The van der Waals surface area contributed by atoms with Crippen LogP contribution in [0, 0.1) is 0 Å². The van der Waals surface area contributed by atoms with Crippen LogP contribution in [0.1, 0.15) is 17.3 Å². The van der Waals surface area contributed by atoms with Crippen molar-refractivity contribution in [2.45, 2.75) is 13.0 Å². The number of hydrogen-bond donors (Lipinski definition) is 2. The van der Waals surface area contributed by atoms with Crippen molar-refractivity contribution >= 4 is 22.6 Å². The molecule has 0 spiro atoms. The van der Waals surface area contributed by atoms with E-state index in [1.54, 1.807) is 18.2 Å². The van der Waals surface area contributed by atoms with Crippen LogP contribution in [0.2, 0.25) is 0 Å². The number of primary amides is 1. The van der Waals surface area contributed by atoms with Crippen LogP contribution in [0.15, 0.2) is 36.4 Å². The molecule has 3 N–H and O–H groups in total. The Kier molecular flexibility index (Phi) is 3.37. The first-order valence-electron chi connectivity index (χ1n) is 5.71. The van der Waals surface area contributed by atoms with Crippen LogP contribution in [0.3, 0.4) is 0 Å². The Balaban J connectivity index is 2.58. The van der Waals surface area contributed by atoms with Gasteiger partial charge in [-0.25, -0.2) is 4.79 Å². The molecule has 5 nitrogen and oxygen atoms in total. The lowest BCUT2D eigenvalue weighted by molar-refractivity contribution is -0.124. The Bertz CT molecular complexity index is 651. The Morgan fingerprint density at radius 3 is 2.53 bits per heavy atom. The predicted octanol–water partition coefficient (Wildman–Crippen LogP) is 1.79. The first-order chi connectivity index (χ1) is 9.00. The molecule has 2 aromatic rings. The molecular formula is C14H13NO4. The summed E-state index contributed by atoms with van der Waals surface area (Å²) in [4.78, 5) is 22.4. The molecule has 5 heteroatoms. The van der Waals surface area contributed by atoms with Crippen molar-refractivity contribution in [3.63, 3.8) is 0 Å². The number of hydrogen-bond acceptors (Lipinski definition) is 3. The molecule has 19 heavy (non-hydrogen) atoms. The van der Waals surface area contributed by atoms with Gasteiger partial charge in [0.05, 0.1) is 0 Å². The number of benzene rings is 2. The van der Waals surface area contributed by atoms with Crippen molar-refractivity contribution in [2.75, 3.05) is 0 Å². The van der Waals surface area contributed by atoms with Crippen LogP contribution in [0.25, 0.3) is 10.8 Å². The molecule has 1 unspecified atom stereocenters. The molecule has 0 aromatic heterocycles. The van der Waals surface area contributed by atoms with Crippen molar-refractivity contribution in [1.29, 1.82) is 0 Å². The van der Waals surface area contributed by atoms with E-state index in [2.05, 4.69) is 0 Å². The minimum atomic E-state index is -1.11. The molecule has 0 aliphatic rings. The summed E-state index contributed by atoms with van der Waals surface area (Å²) >= 11 is 0. The molecule has 0 saturated heterocycles. The lowest BCUT2D eigenvalue weighted by atomic mass is 10.0. The van der Waals surface area contributed by atoms with Gasteiger partial charge in [0, 0.05) is 0 Å². The van der Waals surface area contributed by atoms with Crippen molar-refractivity contribution in [3.05, 3.63) is 42.0 Å². The molecule has 0 fully saturated rings. The molecule has 0 saturated carbocycles. The van der Waals surface area contributed by atoms with Crippen LogP contribution >= 0.6 is 0 Å². The molecule has 1 amide bonds. The molecule has 2 rings (SSSR count). The number of aromatic carboxylic acids is 1. The third-order valence-electron chi connectivity index (χ3n) is 2.81. The average molecular weight is 259 g/mol. The van der Waals surface area contributed by atoms with Gasteiger partial charge < -0.3 is 15.6 Å². The summed E-state index contributed by atoms with van der Waals surface area (Å²) in [7, 11) is 0. The summed E-state index contributed by atoms with van der Waals surface area (Å²) in [6.07, 6.45) is -0.890. The number of carboxylic acid groups (broad SMARTS) is 1. The highest BCUT2D eigenvalue weighted by Gasteiger charge is 2.19. The molecule has 0 radical (unpaired) electrons. The number of carbonyl (C=O) groups excluding carboxylic acids is 1. The van der Waals surface area contributed by atoms with E-state index in [9.17, 15) is 14.7 Å². The SMILES string of the molecule is CC(Oc1ccc2ccccc2c1C(=O)O)C(N)=O. The zero-order valence-corrected chi connectivity index (χ0v) is 10.3. The van der Waals surface area contributed by atoms with Gasteiger partial charge in [-0.05, 0) is 23.8 Å². The van der Waals surface area contributed by atoms with Crippen molar-refractivity contribution < 1.29 is 19.4 Å². The van der Waals surface area contributed by atoms with Gasteiger partial charge in [-0.1, -0.05) is 30.3 Å². The summed E-state index contributed by atoms with van der Waals surface area (Å²) in [6.45, 7) is 1.48. The first kappa shape index (κ1) is 12.9. The number of nitrogens with two attached hydrogens (primary N) is 1. The Morgan fingerprint density at radius 1 is 1.21 bits per heavy atom. The second-order valence-corrected chi connectivity index (χ2v) is 4.13. The van der Waals surface area contributed by atoms with Gasteiger partial charge in [0.1, 0.15) is 11.3 Å². The summed E-state index contributed by atoms with van der Waals surface area (Å²) in [6, 6.07) is 10.3. The summed E-state index contributed by atoms with van der Waals surface area (Å²) in [5.74, 6) is -1.62. The highest BCUT2D eigenvalue weighted by molar-refractivity contribution is 6.06. The van der Waals surface area contributed by atoms with Crippen LogP contribution in [-0.4, -0.2) is 23.1 Å². The third-order valence-corrected chi connectivity index (χ3v) is 2.81. The zero-order valence-electron chi connectivity index (χ0n) is 10.3. The Hall–Kier alpha value is -2.56. The van der Waals surface area contributed by atoms with Crippen molar-refractivity contribution in [3.8, 4) is 5.75 Å². The molecular weight excluding hydrogens is 246 g/mol. The fourth-order valence-electron chi connectivity index (χ4n) is 1.82. The summed E-state index contributed by atoms with van der Waals surface area (Å²) in [5.41, 5.74) is 5.14. The topological polar surface area (TPSA) is 89.6 Å². The lowest BCUT2D eigenvalue weighted by Gasteiger charge is -2.14. The Labute approximate surface area is 109 Å². The average Bonchev–Trinajstić information content (AvgIpc) is 2.37. The second-order valence-electron chi connectivity index (χ2n) is 4.13. The van der Waals surface area contributed by atoms with Gasteiger partial charge >= 0.3 is 5.97 Å². The Morgan fingerprint density at radius 2 is 1.89 bits per heavy atom. The number of fused-ring (bicyclic) bond motifs is 1. The molecule has 0 bridgehead atoms. The van der Waals surface area contributed by atoms with E-state index in [4.69, 9.17) is 10.5 Å². The van der Waals surface area contributed by atoms with E-state index >= 15 is 0 Å². The first-order valence-corrected chi connectivity index (χ1v) is 5.71. The zero-order chi connectivity index (χ0) is 14.0. The van der Waals surface area contributed by atoms with E-state index < -0.39 is 18.0 Å². The van der Waals surface area contributed by atoms with Crippen LogP contribution in [0.4, 0.5) is 0 Å². The standard InChI is InChI=1S/C14H13NO4/c1-8(13(15)16)19-11-7-6-9-4-2-3-5-10(9)12(11)14(17)18/h2-8H,1H3,(H2,15,16)(H,17,18). The van der Waals surface area contributed by atoms with Crippen molar-refractivity contribution in [1.82, 2.24) is 0 Å². The van der Waals surface area contributed by atoms with E-state index in [0.29, 0.717) is 5.39 Å². The van der Waals surface area contributed by atoms with Gasteiger partial charge in [-0.2, -0.15) is 0 Å². The van der Waals surface area contributed by atoms with Crippen LogP contribution in [0.5, 0.6) is 5.75 Å². The van der Waals surface area contributed by atoms with Gasteiger partial charge in [0.15, 0.2) is 6.10 Å². The normalized spacial score (nSPS) is 12.1. The largest absolute Gasteiger partial charge is 0.480 e. The minimum Gasteiger partial charge on any atom is -0.480 e. The molecule has 0 heterocycles. The van der Waals surface area contributed by atoms with E-state index in [0.717, 1.165) is 5.39 Å². The number of amides is 1. The van der Waals surface area contributed by atoms with Gasteiger partial charge in [-0.3, -0.25) is 4.79 Å². The van der Waals surface area contributed by atoms with Crippen LogP contribution < -0.4 is 10.5 Å². The molecule has 2 aromatic carbocycles. The smallest absolute Gasteiger partial charge is 0.340 e. The maximum atomic E-state index is 11.4. The maximum Gasteiger partial charge on any atom is 0.340 e. The fourth-order valence-corrected chi connectivity index (χ4v) is 1.82. The lowest BCUT2D eigenvalue weighted by Crippen LogP contribution is -2.31. The number of rotatable bonds is 4. The monoisotopic (exact) mass is 259 g/mol. The van der Waals surface area contributed by atoms with E-state index in [1.165, 1.54) is 13.0 Å². The van der Waals surface area contributed by atoms with Crippen LogP contribution in [-0.2, 0) is 4.79 Å². The van der Waals surface area contributed by atoms with Gasteiger partial charge in [0.2, 0.25) is 0 Å². The molecule has 98 valence electrons. The summed E-state index contributed by atoms with van der Waals surface area (Å²) in [5, 5.41) is 10.7. The van der Waals surface area contributed by atoms with Gasteiger partial charge in [-0.15, -0.1) is 0 Å². The third kappa shape index (κ3) is 2.49. The fraction of sp³-hybridized carbons (Fsp3) is 0.143. The highest BCUT2D eigenvalue weighted by atomic mass is 16.5. The quantitative estimate of drug-likeness (QED) is 0.875. The van der Waals surface area contributed by atoms with E-state index in [1.807, 2.05) is 12.1 Å². The number of carboxylic acids is 1. The minimum absolute atomic E-state index is 0.0335. The highest BCUT2D eigenvalue weighted by Crippen LogP contribution is 2.28. The number of carbonyl (C=O) groups is 2. The van der Waals surface area contributed by atoms with E-state index in [-0.39, 0.29) is 11.3 Å². The predicted molar refractivity (Wildman–Crippen MR) is 70.2 cm³/mol. The second kappa shape index (κ2) is 4.97. The number of ether oxygens (including phenoxy) is 1. The van der Waals surface area contributed by atoms with Gasteiger partial charge in [0.25, 0.3) is 5.91 Å². The molecule has 0 aliphatic carbocycles. The maximum absolute atomic E-state index is 11.4. The summed E-state index contributed by atoms with van der Waals surface area (Å²) < 4.78 is 5.32. The molecule has 1 atom stereocenters. The molecule has 0 aliphatic heterocycles. The van der Waals surface area contributed by atoms with Crippen molar-refractivity contribution in [2.24, 2.45) is 5.73 Å².